The van der Waals surface area contributed by atoms with Gasteiger partial charge in [0, 0.05) is 53.4 Å². The standard InChI is InChI=1S/C39H48O16/c1-18-28-30(51-21(4)42)32(52-22(5)43)37(10)26(49-19(2)40)16-27-38(17-48-27,55-24(7)45)31(37)34(53-23(6)44)39(47,36(28,8)9)33(29(18)50-20(3)41)54-35(46)25-14-12-11-13-15-25/h11-15,26-27,29-34,47H,16-17H2,1-10H3/t26-,27+,29+,30+,31-,32-,33-,34-,37+,38-,39+/m0/s1. The first kappa shape index (κ1) is 41.3. The van der Waals surface area contributed by atoms with Gasteiger partial charge in [0.1, 0.15) is 18.3 Å². The molecule has 2 bridgehead atoms. The molecule has 11 atom stereocenters. The zero-order valence-corrected chi connectivity index (χ0v) is 32.5. The number of ether oxygens (including phenoxy) is 8. The predicted molar refractivity (Wildman–Crippen MR) is 185 cm³/mol. The summed E-state index contributed by atoms with van der Waals surface area (Å²) in [6, 6.07) is 7.77. The molecule has 0 aromatic heterocycles. The minimum atomic E-state index is -2.69. The summed E-state index contributed by atoms with van der Waals surface area (Å²) in [5.74, 6) is -7.64. The average molecular weight is 773 g/mol. The van der Waals surface area contributed by atoms with Crippen molar-refractivity contribution in [1.82, 2.24) is 0 Å². The van der Waals surface area contributed by atoms with Crippen LogP contribution in [0.5, 0.6) is 0 Å². The minimum Gasteiger partial charge on any atom is -0.462 e. The molecule has 55 heavy (non-hydrogen) atoms. The molecule has 300 valence electrons. The van der Waals surface area contributed by atoms with Crippen molar-refractivity contribution < 1.29 is 76.6 Å². The fraction of sp³-hybridized carbons (Fsp3) is 0.615. The van der Waals surface area contributed by atoms with Crippen molar-refractivity contribution in [1.29, 1.82) is 0 Å². The summed E-state index contributed by atoms with van der Waals surface area (Å²) in [4.78, 5) is 92.6. The first-order valence-electron chi connectivity index (χ1n) is 17.9. The molecule has 16 nitrogen and oxygen atoms in total. The van der Waals surface area contributed by atoms with E-state index in [1.165, 1.54) is 39.8 Å². The number of carbonyl (C=O) groups excluding carboxylic acids is 7. The van der Waals surface area contributed by atoms with Crippen LogP contribution >= 0.6 is 0 Å². The highest BCUT2D eigenvalue weighted by molar-refractivity contribution is 5.89. The van der Waals surface area contributed by atoms with Gasteiger partial charge >= 0.3 is 41.8 Å². The van der Waals surface area contributed by atoms with Crippen molar-refractivity contribution in [2.75, 3.05) is 6.61 Å². The third-order valence-corrected chi connectivity index (χ3v) is 11.6. The molecule has 2 saturated carbocycles. The molecule has 16 heteroatoms. The van der Waals surface area contributed by atoms with Gasteiger partial charge in [-0.15, -0.1) is 0 Å². The zero-order valence-electron chi connectivity index (χ0n) is 32.5. The Morgan fingerprint density at radius 1 is 0.673 bits per heavy atom. The van der Waals surface area contributed by atoms with Crippen LogP contribution in [0.1, 0.15) is 86.0 Å². The molecule has 3 fully saturated rings. The molecule has 1 aromatic rings. The Labute approximate surface area is 318 Å². The predicted octanol–water partition coefficient (Wildman–Crippen LogP) is 2.70. The number of benzene rings is 1. The summed E-state index contributed by atoms with van der Waals surface area (Å²) < 4.78 is 48.5. The van der Waals surface area contributed by atoms with Crippen molar-refractivity contribution in [3.63, 3.8) is 0 Å². The normalized spacial score (nSPS) is 35.8. The van der Waals surface area contributed by atoms with E-state index < -0.39 is 112 Å². The third kappa shape index (κ3) is 6.76. The Morgan fingerprint density at radius 3 is 1.69 bits per heavy atom. The van der Waals surface area contributed by atoms with Crippen LogP contribution in [-0.4, -0.2) is 107 Å². The summed E-state index contributed by atoms with van der Waals surface area (Å²) in [6.45, 7) is 12.4. The lowest BCUT2D eigenvalue weighted by atomic mass is 9.43. The molecule has 0 unspecified atom stereocenters. The lowest BCUT2D eigenvalue weighted by Crippen LogP contribution is -2.84. The Kier molecular flexibility index (Phi) is 11.0. The molecule has 1 aliphatic heterocycles. The largest absolute Gasteiger partial charge is 0.462 e. The van der Waals surface area contributed by atoms with Gasteiger partial charge in [-0.1, -0.05) is 39.0 Å². The molecule has 4 aliphatic rings. The summed E-state index contributed by atoms with van der Waals surface area (Å²) in [5.41, 5.74) is -7.94. The number of carbonyl (C=O) groups is 7. The topological polar surface area (TPSA) is 214 Å². The second kappa shape index (κ2) is 14.7. The van der Waals surface area contributed by atoms with Gasteiger partial charge in [-0.05, 0) is 30.2 Å². The van der Waals surface area contributed by atoms with E-state index in [2.05, 4.69) is 0 Å². The SMILES string of the molecule is CC(=O)O[C@@H]1C2=C(C)[C@@H](OC(C)=O)[C@H](OC(=O)c3ccccc3)[C@@](O)([C@@H](OC(C)=O)[C@@H]3[C@]4(OC(C)=O)CO[C@@H]4C[C@H](OC(C)=O)[C@@]3(C)[C@H]1OC(C)=O)C2(C)C. The Hall–Kier alpha value is -4.83. The smallest absolute Gasteiger partial charge is 0.338 e. The van der Waals surface area contributed by atoms with Crippen LogP contribution in [-0.2, 0) is 66.7 Å². The highest BCUT2D eigenvalue weighted by Crippen LogP contribution is 2.66. The van der Waals surface area contributed by atoms with Gasteiger partial charge in [0.2, 0.25) is 0 Å². The van der Waals surface area contributed by atoms with Gasteiger partial charge in [0.05, 0.1) is 23.5 Å². The quantitative estimate of drug-likeness (QED) is 0.228. The maximum atomic E-state index is 14.0. The lowest BCUT2D eigenvalue weighted by Gasteiger charge is -2.69. The average Bonchev–Trinajstić information content (AvgIpc) is 3.06. The maximum absolute atomic E-state index is 14.0. The van der Waals surface area contributed by atoms with Gasteiger partial charge in [-0.25, -0.2) is 4.79 Å². The number of aliphatic hydroxyl groups is 1. The van der Waals surface area contributed by atoms with E-state index in [0.717, 1.165) is 41.5 Å². The van der Waals surface area contributed by atoms with E-state index in [9.17, 15) is 38.7 Å². The maximum Gasteiger partial charge on any atom is 0.338 e. The monoisotopic (exact) mass is 772 g/mol. The zero-order chi connectivity index (χ0) is 41.0. The molecule has 1 heterocycles. The van der Waals surface area contributed by atoms with E-state index in [1.807, 2.05) is 0 Å². The van der Waals surface area contributed by atoms with Gasteiger partial charge in [0.15, 0.2) is 35.6 Å². The number of fused-ring (bicyclic) bond motifs is 5. The van der Waals surface area contributed by atoms with Gasteiger partial charge in [0.25, 0.3) is 0 Å². The van der Waals surface area contributed by atoms with Gasteiger partial charge in [-0.2, -0.15) is 0 Å². The minimum absolute atomic E-state index is 0.0571. The number of rotatable bonds is 8. The van der Waals surface area contributed by atoms with Crippen LogP contribution in [0.2, 0.25) is 0 Å². The molecule has 1 aromatic carbocycles. The fourth-order valence-electron chi connectivity index (χ4n) is 9.59. The van der Waals surface area contributed by atoms with E-state index in [4.69, 9.17) is 37.9 Å². The molecular weight excluding hydrogens is 724 g/mol. The van der Waals surface area contributed by atoms with Crippen LogP contribution in [0, 0.1) is 16.7 Å². The van der Waals surface area contributed by atoms with Crippen LogP contribution in [0.4, 0.5) is 0 Å². The highest BCUT2D eigenvalue weighted by Gasteiger charge is 2.81. The Morgan fingerprint density at radius 2 is 1.20 bits per heavy atom. The van der Waals surface area contributed by atoms with Crippen molar-refractivity contribution in [2.24, 2.45) is 16.7 Å². The summed E-state index contributed by atoms with van der Waals surface area (Å²) in [6.07, 6.45) is -11.2. The molecule has 3 aliphatic carbocycles. The van der Waals surface area contributed by atoms with E-state index in [-0.39, 0.29) is 29.7 Å². The molecule has 5 rings (SSSR count). The summed E-state index contributed by atoms with van der Waals surface area (Å²) in [5, 5.41) is 13.9. The molecule has 1 N–H and O–H groups in total. The van der Waals surface area contributed by atoms with Crippen molar-refractivity contribution in [3.05, 3.63) is 47.0 Å². The van der Waals surface area contributed by atoms with Gasteiger partial charge in [-0.3, -0.25) is 28.8 Å². The van der Waals surface area contributed by atoms with Crippen molar-refractivity contribution >= 4 is 41.8 Å². The second-order valence-corrected chi connectivity index (χ2v) is 15.4. The fourth-order valence-corrected chi connectivity index (χ4v) is 9.59. The van der Waals surface area contributed by atoms with Crippen LogP contribution in [0.25, 0.3) is 0 Å². The molecule has 0 spiro atoms. The summed E-state index contributed by atoms with van der Waals surface area (Å²) in [7, 11) is 0. The molecule has 0 amide bonds. The summed E-state index contributed by atoms with van der Waals surface area (Å²) >= 11 is 0. The number of hydrogen-bond donors (Lipinski definition) is 1. The van der Waals surface area contributed by atoms with Crippen molar-refractivity contribution in [2.45, 2.75) is 130 Å². The van der Waals surface area contributed by atoms with Crippen LogP contribution < -0.4 is 0 Å². The van der Waals surface area contributed by atoms with Gasteiger partial charge < -0.3 is 43.0 Å². The van der Waals surface area contributed by atoms with E-state index in [1.54, 1.807) is 18.2 Å². The Bertz CT molecular complexity index is 1800. The first-order valence-corrected chi connectivity index (χ1v) is 17.9. The molecule has 1 saturated heterocycles. The van der Waals surface area contributed by atoms with Crippen molar-refractivity contribution in [3.8, 4) is 0 Å². The van der Waals surface area contributed by atoms with Crippen LogP contribution in [0.3, 0.4) is 0 Å². The second-order valence-electron chi connectivity index (χ2n) is 15.4. The highest BCUT2D eigenvalue weighted by atomic mass is 16.6. The van der Waals surface area contributed by atoms with E-state index in [0.29, 0.717) is 0 Å². The lowest BCUT2D eigenvalue weighted by molar-refractivity contribution is -0.372. The number of hydrogen-bond acceptors (Lipinski definition) is 16. The first-order chi connectivity index (χ1) is 25.5. The van der Waals surface area contributed by atoms with E-state index >= 15 is 0 Å². The number of esters is 7. The Balaban J connectivity index is 2.00. The van der Waals surface area contributed by atoms with Crippen LogP contribution in [0.15, 0.2) is 41.5 Å². The molecular formula is C39H48O16. The third-order valence-electron chi connectivity index (χ3n) is 11.6. The molecule has 0 radical (unpaired) electrons.